The van der Waals surface area contributed by atoms with Gasteiger partial charge in [0.05, 0.1) is 16.0 Å². The number of anilines is 1. The fourth-order valence-corrected chi connectivity index (χ4v) is 4.48. The van der Waals surface area contributed by atoms with E-state index in [0.29, 0.717) is 10.7 Å². The van der Waals surface area contributed by atoms with Gasteiger partial charge in [-0.05, 0) is 38.5 Å². The molecule has 0 saturated heterocycles. The van der Waals surface area contributed by atoms with Crippen LogP contribution < -0.4 is 5.32 Å². The van der Waals surface area contributed by atoms with E-state index in [0.717, 1.165) is 15.2 Å². The summed E-state index contributed by atoms with van der Waals surface area (Å²) < 4.78 is 0. The van der Waals surface area contributed by atoms with Crippen LogP contribution in [0.4, 0.5) is 5.69 Å². The van der Waals surface area contributed by atoms with Crippen LogP contribution in [0.5, 0.6) is 0 Å². The van der Waals surface area contributed by atoms with Crippen LogP contribution in [0.2, 0.25) is 5.02 Å². The van der Waals surface area contributed by atoms with Crippen molar-refractivity contribution in [2.24, 2.45) is 0 Å². The number of amides is 1. The van der Waals surface area contributed by atoms with Gasteiger partial charge in [0, 0.05) is 10.3 Å². The highest BCUT2D eigenvalue weighted by molar-refractivity contribution is 8.00. The van der Waals surface area contributed by atoms with Crippen molar-refractivity contribution in [1.82, 2.24) is 9.97 Å². The summed E-state index contributed by atoms with van der Waals surface area (Å²) in [6, 6.07) is 7.20. The molecule has 3 rings (SSSR count). The smallest absolute Gasteiger partial charge is 0.237 e. The van der Waals surface area contributed by atoms with Crippen molar-refractivity contribution < 1.29 is 4.79 Å². The number of rotatable bonds is 4. The fraction of sp³-hybridized carbons (Fsp3) is 0.235. The molecule has 0 spiro atoms. The molecule has 0 saturated carbocycles. The van der Waals surface area contributed by atoms with Gasteiger partial charge in [0.15, 0.2) is 0 Å². The molecule has 1 aromatic carbocycles. The van der Waals surface area contributed by atoms with Crippen molar-refractivity contribution in [1.29, 1.82) is 0 Å². The molecule has 1 atom stereocenters. The molecule has 0 radical (unpaired) electrons. The van der Waals surface area contributed by atoms with Crippen molar-refractivity contribution in [3.8, 4) is 0 Å². The highest BCUT2D eigenvalue weighted by atomic mass is 35.5. The summed E-state index contributed by atoms with van der Waals surface area (Å²) in [4.78, 5) is 23.4. The maximum Gasteiger partial charge on any atom is 0.237 e. The van der Waals surface area contributed by atoms with Crippen LogP contribution in [0.1, 0.15) is 17.4 Å². The number of nitrogens with one attached hydrogen (secondary N) is 1. The van der Waals surface area contributed by atoms with Crippen molar-refractivity contribution in [3.63, 3.8) is 0 Å². The van der Waals surface area contributed by atoms with E-state index in [9.17, 15) is 4.79 Å². The number of nitrogens with zero attached hydrogens (tertiary/aromatic N) is 2. The molecule has 1 amide bonds. The van der Waals surface area contributed by atoms with Crippen LogP contribution in [0.15, 0.2) is 35.6 Å². The Balaban J connectivity index is 1.81. The number of carbonyl (C=O) groups is 1. The molecule has 7 heteroatoms. The second kappa shape index (κ2) is 7.09. The van der Waals surface area contributed by atoms with Gasteiger partial charge in [-0.15, -0.1) is 11.3 Å². The number of hydrogen-bond donors (Lipinski definition) is 1. The molecule has 0 aliphatic carbocycles. The minimum absolute atomic E-state index is 0.107. The minimum atomic E-state index is -0.307. The summed E-state index contributed by atoms with van der Waals surface area (Å²) in [5.41, 5.74) is 1.80. The lowest BCUT2D eigenvalue weighted by molar-refractivity contribution is -0.115. The molecule has 2 heterocycles. The average molecular weight is 378 g/mol. The Morgan fingerprint density at radius 1 is 1.29 bits per heavy atom. The number of fused-ring (bicyclic) bond motifs is 1. The SMILES string of the molecule is Cc1sc2ncnc(S[C@@H](C)C(=O)Nc3ccccc3Cl)c2c1C. The molecular weight excluding hydrogens is 362 g/mol. The molecule has 124 valence electrons. The highest BCUT2D eigenvalue weighted by Crippen LogP contribution is 2.36. The van der Waals surface area contributed by atoms with Gasteiger partial charge in [-0.3, -0.25) is 4.79 Å². The zero-order chi connectivity index (χ0) is 17.3. The second-order valence-electron chi connectivity index (χ2n) is 5.37. The van der Waals surface area contributed by atoms with Crippen LogP contribution in [-0.2, 0) is 4.79 Å². The normalized spacial score (nSPS) is 12.3. The number of hydrogen-bond acceptors (Lipinski definition) is 5. The largest absolute Gasteiger partial charge is 0.324 e. The number of para-hydroxylation sites is 1. The molecular formula is C17H16ClN3OS2. The zero-order valence-electron chi connectivity index (χ0n) is 13.5. The Bertz CT molecular complexity index is 910. The van der Waals surface area contributed by atoms with Gasteiger partial charge >= 0.3 is 0 Å². The lowest BCUT2D eigenvalue weighted by Gasteiger charge is -2.13. The number of thioether (sulfide) groups is 1. The molecule has 0 fully saturated rings. The number of halogens is 1. The number of carbonyl (C=O) groups excluding carboxylic acids is 1. The quantitative estimate of drug-likeness (QED) is 0.508. The lowest BCUT2D eigenvalue weighted by atomic mass is 10.2. The maximum atomic E-state index is 12.5. The van der Waals surface area contributed by atoms with E-state index in [-0.39, 0.29) is 11.2 Å². The zero-order valence-corrected chi connectivity index (χ0v) is 15.9. The Morgan fingerprint density at radius 2 is 2.04 bits per heavy atom. The monoisotopic (exact) mass is 377 g/mol. The number of thiophene rings is 1. The minimum Gasteiger partial charge on any atom is -0.324 e. The Labute approximate surface area is 153 Å². The fourth-order valence-electron chi connectivity index (χ4n) is 2.26. The van der Waals surface area contributed by atoms with Gasteiger partial charge in [0.2, 0.25) is 5.91 Å². The van der Waals surface area contributed by atoms with E-state index >= 15 is 0 Å². The Morgan fingerprint density at radius 3 is 2.79 bits per heavy atom. The average Bonchev–Trinajstić information content (AvgIpc) is 2.85. The van der Waals surface area contributed by atoms with Crippen LogP contribution in [0.25, 0.3) is 10.2 Å². The van der Waals surface area contributed by atoms with Crippen molar-refractivity contribution in [2.45, 2.75) is 31.0 Å². The third-order valence-corrected chi connectivity index (χ3v) is 6.27. The first kappa shape index (κ1) is 17.2. The molecule has 0 aliphatic heterocycles. The predicted molar refractivity (Wildman–Crippen MR) is 102 cm³/mol. The molecule has 0 aliphatic rings. The summed E-state index contributed by atoms with van der Waals surface area (Å²) in [6.07, 6.45) is 1.55. The van der Waals surface area contributed by atoms with Crippen molar-refractivity contribution >= 4 is 56.5 Å². The summed E-state index contributed by atoms with van der Waals surface area (Å²) in [6.45, 7) is 6.00. The molecule has 0 bridgehead atoms. The molecule has 3 aromatic rings. The van der Waals surface area contributed by atoms with Crippen molar-refractivity contribution in [2.75, 3.05) is 5.32 Å². The van der Waals surface area contributed by atoms with Crippen LogP contribution in [-0.4, -0.2) is 21.1 Å². The molecule has 24 heavy (non-hydrogen) atoms. The van der Waals surface area contributed by atoms with E-state index in [1.165, 1.54) is 22.2 Å². The maximum absolute atomic E-state index is 12.5. The van der Waals surface area contributed by atoms with Gasteiger partial charge in [-0.2, -0.15) is 0 Å². The van der Waals surface area contributed by atoms with Crippen LogP contribution in [0.3, 0.4) is 0 Å². The Kier molecular flexibility index (Phi) is 5.08. The topological polar surface area (TPSA) is 54.9 Å². The first-order chi connectivity index (χ1) is 11.5. The molecule has 1 N–H and O–H groups in total. The number of aromatic nitrogens is 2. The summed E-state index contributed by atoms with van der Waals surface area (Å²) in [7, 11) is 0. The van der Waals surface area contributed by atoms with Crippen molar-refractivity contribution in [3.05, 3.63) is 46.1 Å². The van der Waals surface area contributed by atoms with Gasteiger partial charge in [0.1, 0.15) is 16.2 Å². The summed E-state index contributed by atoms with van der Waals surface area (Å²) in [5.74, 6) is -0.107. The Hall–Kier alpha value is -1.63. The standard InChI is InChI=1S/C17H16ClN3OS2/c1-9-10(2)23-16-14(9)17(20-8-19-16)24-11(3)15(22)21-13-7-5-4-6-12(13)18/h4-8,11H,1-3H3,(H,21,22)/t11-/m0/s1. The van der Waals surface area contributed by atoms with Gasteiger partial charge < -0.3 is 5.32 Å². The van der Waals surface area contributed by atoms with Gasteiger partial charge in [-0.25, -0.2) is 9.97 Å². The molecule has 0 unspecified atom stereocenters. The van der Waals surface area contributed by atoms with Crippen LogP contribution in [0, 0.1) is 13.8 Å². The number of aryl methyl sites for hydroxylation is 2. The highest BCUT2D eigenvalue weighted by Gasteiger charge is 2.20. The first-order valence-corrected chi connectivity index (χ1v) is 9.47. The van der Waals surface area contributed by atoms with E-state index in [4.69, 9.17) is 11.6 Å². The number of benzene rings is 1. The third kappa shape index (κ3) is 3.41. The summed E-state index contributed by atoms with van der Waals surface area (Å²) >= 11 is 9.18. The first-order valence-electron chi connectivity index (χ1n) is 7.40. The van der Waals surface area contributed by atoms with E-state index < -0.39 is 0 Å². The van der Waals surface area contributed by atoms with E-state index in [1.54, 1.807) is 29.8 Å². The van der Waals surface area contributed by atoms with Gasteiger partial charge in [-0.1, -0.05) is 35.5 Å². The second-order valence-corrected chi connectivity index (χ2v) is 8.31. The van der Waals surface area contributed by atoms with Gasteiger partial charge in [0.25, 0.3) is 0 Å². The lowest BCUT2D eigenvalue weighted by Crippen LogP contribution is -2.22. The predicted octanol–water partition coefficient (Wildman–Crippen LogP) is 5.08. The molecule has 2 aromatic heterocycles. The van der Waals surface area contributed by atoms with Crippen LogP contribution >= 0.6 is 34.7 Å². The van der Waals surface area contributed by atoms with E-state index in [1.807, 2.05) is 19.1 Å². The molecule has 4 nitrogen and oxygen atoms in total. The third-order valence-electron chi connectivity index (χ3n) is 3.72. The summed E-state index contributed by atoms with van der Waals surface area (Å²) in [5, 5.41) is 4.96. The van der Waals surface area contributed by atoms with E-state index in [2.05, 4.69) is 29.1 Å².